The third-order valence-corrected chi connectivity index (χ3v) is 6.43. The normalized spacial score (nSPS) is 16.5. The first-order chi connectivity index (χ1) is 13.9. The predicted molar refractivity (Wildman–Crippen MR) is 111 cm³/mol. The molecule has 0 fully saturated rings. The second-order valence-electron chi connectivity index (χ2n) is 7.46. The van der Waals surface area contributed by atoms with E-state index in [2.05, 4.69) is 15.4 Å². The van der Waals surface area contributed by atoms with Crippen molar-refractivity contribution in [1.29, 1.82) is 0 Å². The Kier molecular flexibility index (Phi) is 5.38. The third kappa shape index (κ3) is 4.33. The Balaban J connectivity index is 1.40. The molecule has 2 N–H and O–H groups in total. The van der Waals surface area contributed by atoms with Crippen molar-refractivity contribution in [2.24, 2.45) is 0 Å². The number of hydrogen-bond donors (Lipinski definition) is 2. The highest BCUT2D eigenvalue weighted by Gasteiger charge is 2.24. The van der Waals surface area contributed by atoms with Gasteiger partial charge in [0.15, 0.2) is 15.7 Å². The Bertz CT molecular complexity index is 1170. The lowest BCUT2D eigenvalue weighted by Crippen LogP contribution is -2.37. The summed E-state index contributed by atoms with van der Waals surface area (Å²) in [5.74, 6) is 0.599. The lowest BCUT2D eigenvalue weighted by Gasteiger charge is -2.22. The summed E-state index contributed by atoms with van der Waals surface area (Å²) in [5.41, 5.74) is 2.75. The summed E-state index contributed by atoms with van der Waals surface area (Å²) in [6, 6.07) is 12.8. The average Bonchev–Trinajstić information content (AvgIpc) is 3.04. The second kappa shape index (κ2) is 7.96. The fraction of sp³-hybridized carbons (Fsp3) is 0.333. The molecule has 0 saturated carbocycles. The Morgan fingerprint density at radius 2 is 2.10 bits per heavy atom. The molecule has 3 aromatic rings. The third-order valence-electron chi connectivity index (χ3n) is 5.32. The minimum atomic E-state index is -3.20. The number of aromatic nitrogens is 3. The van der Waals surface area contributed by atoms with Crippen LogP contribution < -0.4 is 10.9 Å². The zero-order valence-corrected chi connectivity index (χ0v) is 17.1. The molecule has 1 aromatic carbocycles. The quantitative estimate of drug-likeness (QED) is 0.642. The highest BCUT2D eigenvalue weighted by atomic mass is 32.2. The van der Waals surface area contributed by atoms with Crippen LogP contribution in [-0.2, 0) is 29.1 Å². The lowest BCUT2D eigenvalue weighted by molar-refractivity contribution is 0.458. The van der Waals surface area contributed by atoms with Gasteiger partial charge in [-0.2, -0.15) is 0 Å². The van der Waals surface area contributed by atoms with Crippen molar-refractivity contribution >= 4 is 9.84 Å². The van der Waals surface area contributed by atoms with Crippen LogP contribution in [0.2, 0.25) is 0 Å². The van der Waals surface area contributed by atoms with Gasteiger partial charge < -0.3 is 5.32 Å². The number of nitrogens with zero attached hydrogens (tertiary/aromatic N) is 2. The van der Waals surface area contributed by atoms with E-state index in [0.717, 1.165) is 42.6 Å². The van der Waals surface area contributed by atoms with Crippen LogP contribution in [0.15, 0.2) is 58.4 Å². The smallest absolute Gasteiger partial charge is 0.276 e. The van der Waals surface area contributed by atoms with Crippen LogP contribution in [0.25, 0.3) is 5.82 Å². The Labute approximate surface area is 169 Å². The van der Waals surface area contributed by atoms with E-state index in [1.165, 1.54) is 10.9 Å². The standard InChI is InChI=1S/C21H24N4O3S/c1-29(27,28)17-6-4-5-15(13-17)10-12-22-16-8-9-19-18(14-16)21(26)25(24-19)20-7-2-3-11-23-20/h2-7,11,13,16,22,24H,8-10,12,14H2,1H3. The van der Waals surface area contributed by atoms with Gasteiger partial charge in [0.05, 0.1) is 4.90 Å². The molecule has 0 aliphatic heterocycles. The van der Waals surface area contributed by atoms with Crippen molar-refractivity contribution < 1.29 is 8.42 Å². The van der Waals surface area contributed by atoms with Crippen LogP contribution in [-0.4, -0.2) is 42.0 Å². The van der Waals surface area contributed by atoms with Gasteiger partial charge in [0, 0.05) is 29.8 Å². The molecule has 0 radical (unpaired) electrons. The number of aromatic amines is 1. The minimum absolute atomic E-state index is 0.0361. The van der Waals surface area contributed by atoms with Crippen LogP contribution in [0.4, 0.5) is 0 Å². The number of fused-ring (bicyclic) bond motifs is 1. The highest BCUT2D eigenvalue weighted by Crippen LogP contribution is 2.18. The van der Waals surface area contributed by atoms with Crippen molar-refractivity contribution in [3.8, 4) is 5.82 Å². The molecule has 0 amide bonds. The van der Waals surface area contributed by atoms with Crippen molar-refractivity contribution in [2.75, 3.05) is 12.8 Å². The number of sulfone groups is 1. The molecule has 0 bridgehead atoms. The molecule has 1 unspecified atom stereocenters. The summed E-state index contributed by atoms with van der Waals surface area (Å²) < 4.78 is 24.9. The largest absolute Gasteiger partial charge is 0.313 e. The summed E-state index contributed by atoms with van der Waals surface area (Å²) in [6.07, 6.45) is 6.05. The average molecular weight is 413 g/mol. The van der Waals surface area contributed by atoms with E-state index in [4.69, 9.17) is 0 Å². The maximum atomic E-state index is 12.8. The van der Waals surface area contributed by atoms with Crippen LogP contribution in [0, 0.1) is 0 Å². The zero-order chi connectivity index (χ0) is 20.4. The van der Waals surface area contributed by atoms with E-state index in [1.54, 1.807) is 24.4 Å². The Morgan fingerprint density at radius 3 is 2.86 bits per heavy atom. The Hall–Kier alpha value is -2.71. The molecule has 152 valence electrons. The molecule has 1 atom stereocenters. The monoisotopic (exact) mass is 412 g/mol. The van der Waals surface area contributed by atoms with Gasteiger partial charge in [0.25, 0.3) is 5.56 Å². The topological polar surface area (TPSA) is 96.8 Å². The number of nitrogens with one attached hydrogen (secondary N) is 2. The molecular formula is C21H24N4O3S. The zero-order valence-electron chi connectivity index (χ0n) is 16.3. The van der Waals surface area contributed by atoms with E-state index < -0.39 is 9.84 Å². The molecule has 29 heavy (non-hydrogen) atoms. The molecule has 4 rings (SSSR count). The number of H-pyrrole nitrogens is 1. The van der Waals surface area contributed by atoms with Gasteiger partial charge in [-0.05, 0) is 62.1 Å². The second-order valence-corrected chi connectivity index (χ2v) is 9.48. The number of aryl methyl sites for hydroxylation is 1. The fourth-order valence-corrected chi connectivity index (χ4v) is 4.47. The van der Waals surface area contributed by atoms with Crippen molar-refractivity contribution in [1.82, 2.24) is 20.1 Å². The molecule has 1 aliphatic rings. The van der Waals surface area contributed by atoms with Crippen molar-refractivity contribution in [2.45, 2.75) is 36.6 Å². The highest BCUT2D eigenvalue weighted by molar-refractivity contribution is 7.90. The lowest BCUT2D eigenvalue weighted by atomic mass is 9.93. The first kappa shape index (κ1) is 19.6. The summed E-state index contributed by atoms with van der Waals surface area (Å²) in [5, 5.41) is 6.72. The van der Waals surface area contributed by atoms with E-state index in [-0.39, 0.29) is 11.6 Å². The summed E-state index contributed by atoms with van der Waals surface area (Å²) >= 11 is 0. The van der Waals surface area contributed by atoms with Gasteiger partial charge in [-0.15, -0.1) is 0 Å². The number of benzene rings is 1. The molecule has 2 aromatic heterocycles. The van der Waals surface area contributed by atoms with Gasteiger partial charge in [-0.1, -0.05) is 18.2 Å². The van der Waals surface area contributed by atoms with Gasteiger partial charge in [0.1, 0.15) is 0 Å². The first-order valence-corrected chi connectivity index (χ1v) is 11.6. The number of rotatable bonds is 6. The molecule has 8 heteroatoms. The van der Waals surface area contributed by atoms with E-state index in [0.29, 0.717) is 17.1 Å². The molecule has 1 aliphatic carbocycles. The molecule has 7 nitrogen and oxygen atoms in total. The van der Waals surface area contributed by atoms with Gasteiger partial charge in [0.2, 0.25) is 0 Å². The van der Waals surface area contributed by atoms with Gasteiger partial charge >= 0.3 is 0 Å². The molecular weight excluding hydrogens is 388 g/mol. The minimum Gasteiger partial charge on any atom is -0.313 e. The van der Waals surface area contributed by atoms with Crippen LogP contribution >= 0.6 is 0 Å². The fourth-order valence-electron chi connectivity index (χ4n) is 3.78. The molecule has 0 saturated heterocycles. The van der Waals surface area contributed by atoms with Crippen LogP contribution in [0.1, 0.15) is 23.2 Å². The Morgan fingerprint density at radius 1 is 1.24 bits per heavy atom. The van der Waals surface area contributed by atoms with Crippen LogP contribution in [0.5, 0.6) is 0 Å². The van der Waals surface area contributed by atoms with Gasteiger partial charge in [-0.25, -0.2) is 18.1 Å². The number of pyridine rings is 1. The van der Waals surface area contributed by atoms with Crippen LogP contribution in [0.3, 0.4) is 0 Å². The maximum Gasteiger partial charge on any atom is 0.276 e. The SMILES string of the molecule is CS(=O)(=O)c1cccc(CCNC2CCc3[nH]n(-c4ccccn4)c(=O)c3C2)c1. The maximum absolute atomic E-state index is 12.8. The summed E-state index contributed by atoms with van der Waals surface area (Å²) in [4.78, 5) is 17.4. The van der Waals surface area contributed by atoms with E-state index >= 15 is 0 Å². The summed E-state index contributed by atoms with van der Waals surface area (Å²) in [6.45, 7) is 0.728. The van der Waals surface area contributed by atoms with E-state index in [9.17, 15) is 13.2 Å². The first-order valence-electron chi connectivity index (χ1n) is 9.68. The summed E-state index contributed by atoms with van der Waals surface area (Å²) in [7, 11) is -3.20. The van der Waals surface area contributed by atoms with Crippen molar-refractivity contribution in [3.05, 3.63) is 75.8 Å². The van der Waals surface area contributed by atoms with Crippen molar-refractivity contribution in [3.63, 3.8) is 0 Å². The molecule has 0 spiro atoms. The predicted octanol–water partition coefficient (Wildman–Crippen LogP) is 1.65. The van der Waals surface area contributed by atoms with E-state index in [1.807, 2.05) is 24.3 Å². The number of hydrogen-bond acceptors (Lipinski definition) is 5. The van der Waals surface area contributed by atoms with Gasteiger partial charge in [-0.3, -0.25) is 9.89 Å². The molecule has 2 heterocycles.